The standard InChI is InChI=1S/C24H24N3O4S/c25-23(30)17-8-4-5-9-18(17)24(31)27-14-20(28)22-19(27)10-12-26(22)21(29)11-13-32-15-16-6-2-1-3-7-16/h1-9,11,19,22H,10,12-15H2,(H2,25,30). The Morgan fingerprint density at radius 3 is 2.41 bits per heavy atom. The van der Waals surface area contributed by atoms with Crippen LogP contribution in [0.5, 0.6) is 0 Å². The topological polar surface area (TPSA) is 101 Å². The van der Waals surface area contributed by atoms with Crippen molar-refractivity contribution in [1.82, 2.24) is 9.80 Å². The molecule has 165 valence electrons. The summed E-state index contributed by atoms with van der Waals surface area (Å²) in [6.45, 7) is 0.342. The Morgan fingerprint density at radius 2 is 1.69 bits per heavy atom. The zero-order valence-electron chi connectivity index (χ0n) is 17.5. The summed E-state index contributed by atoms with van der Waals surface area (Å²) in [7, 11) is 0. The number of fused-ring (bicyclic) bond motifs is 1. The lowest BCUT2D eigenvalue weighted by atomic mass is 10.0. The summed E-state index contributed by atoms with van der Waals surface area (Å²) < 4.78 is 0. The highest BCUT2D eigenvalue weighted by Gasteiger charge is 2.51. The molecule has 0 aromatic heterocycles. The van der Waals surface area contributed by atoms with Gasteiger partial charge in [-0.1, -0.05) is 42.5 Å². The van der Waals surface area contributed by atoms with E-state index in [1.807, 2.05) is 30.3 Å². The molecule has 0 bridgehead atoms. The van der Waals surface area contributed by atoms with Gasteiger partial charge in [0.1, 0.15) is 6.04 Å². The van der Waals surface area contributed by atoms with Crippen LogP contribution in [0.1, 0.15) is 32.7 Å². The third-order valence-electron chi connectivity index (χ3n) is 5.88. The first-order valence-electron chi connectivity index (χ1n) is 10.5. The van der Waals surface area contributed by atoms with Crippen LogP contribution in [0.4, 0.5) is 0 Å². The molecule has 2 atom stereocenters. The minimum absolute atomic E-state index is 0.0756. The van der Waals surface area contributed by atoms with E-state index in [-0.39, 0.29) is 35.4 Å². The molecule has 0 saturated carbocycles. The van der Waals surface area contributed by atoms with E-state index < -0.39 is 17.9 Å². The number of primary amides is 1. The van der Waals surface area contributed by atoms with Gasteiger partial charge in [0.15, 0.2) is 5.78 Å². The summed E-state index contributed by atoms with van der Waals surface area (Å²) in [5, 5.41) is 0. The van der Waals surface area contributed by atoms with E-state index in [4.69, 9.17) is 5.73 Å². The Labute approximate surface area is 190 Å². The predicted octanol–water partition coefficient (Wildman–Crippen LogP) is 1.92. The number of ketones is 1. The molecule has 2 fully saturated rings. The molecule has 2 aromatic rings. The Morgan fingerprint density at radius 1 is 1.00 bits per heavy atom. The van der Waals surface area contributed by atoms with Crippen molar-refractivity contribution in [2.45, 2.75) is 24.3 Å². The summed E-state index contributed by atoms with van der Waals surface area (Å²) in [4.78, 5) is 53.4. The van der Waals surface area contributed by atoms with Gasteiger partial charge in [0.25, 0.3) is 5.91 Å². The van der Waals surface area contributed by atoms with Gasteiger partial charge < -0.3 is 15.5 Å². The summed E-state index contributed by atoms with van der Waals surface area (Å²) in [5.74, 6) is -0.0881. The van der Waals surface area contributed by atoms with Crippen LogP contribution < -0.4 is 5.73 Å². The smallest absolute Gasteiger partial charge is 0.255 e. The molecule has 2 heterocycles. The molecule has 0 aliphatic carbocycles. The maximum Gasteiger partial charge on any atom is 0.255 e. The Balaban J connectivity index is 1.38. The van der Waals surface area contributed by atoms with Crippen LogP contribution >= 0.6 is 11.8 Å². The summed E-state index contributed by atoms with van der Waals surface area (Å²) in [6, 6.07) is 15.3. The van der Waals surface area contributed by atoms with Crippen LogP contribution in [0.15, 0.2) is 54.6 Å². The van der Waals surface area contributed by atoms with Crippen molar-refractivity contribution in [1.29, 1.82) is 0 Å². The van der Waals surface area contributed by atoms with Crippen LogP contribution in [-0.4, -0.2) is 64.2 Å². The fraction of sp³-hybridized carbons (Fsp3) is 0.292. The normalized spacial score (nSPS) is 19.8. The molecule has 2 aromatic carbocycles. The maximum atomic E-state index is 13.1. The number of Topliss-reactive ketones (excluding diaryl/α,β-unsaturated/α-hetero) is 1. The molecule has 2 saturated heterocycles. The third-order valence-corrected chi connectivity index (χ3v) is 6.82. The number of nitrogens with zero attached hydrogens (tertiary/aromatic N) is 2. The Bertz CT molecular complexity index is 1040. The fourth-order valence-corrected chi connectivity index (χ4v) is 5.18. The molecule has 2 aliphatic rings. The van der Waals surface area contributed by atoms with Crippen molar-refractivity contribution < 1.29 is 19.2 Å². The van der Waals surface area contributed by atoms with Crippen molar-refractivity contribution in [3.8, 4) is 0 Å². The average molecular weight is 451 g/mol. The summed E-state index contributed by atoms with van der Waals surface area (Å²) in [6.07, 6.45) is 2.13. The van der Waals surface area contributed by atoms with Gasteiger partial charge in [-0.3, -0.25) is 19.2 Å². The minimum Gasteiger partial charge on any atom is -0.366 e. The second kappa shape index (κ2) is 9.56. The molecule has 1 radical (unpaired) electrons. The van der Waals surface area contributed by atoms with E-state index in [2.05, 4.69) is 0 Å². The summed E-state index contributed by atoms with van der Waals surface area (Å²) in [5.41, 5.74) is 6.91. The highest BCUT2D eigenvalue weighted by atomic mass is 32.2. The van der Waals surface area contributed by atoms with Gasteiger partial charge in [-0.15, -0.1) is 0 Å². The minimum atomic E-state index is -0.693. The van der Waals surface area contributed by atoms with Crippen LogP contribution in [0.3, 0.4) is 0 Å². The Kier molecular flexibility index (Phi) is 6.60. The quantitative estimate of drug-likeness (QED) is 0.650. The molecule has 0 spiro atoms. The average Bonchev–Trinajstić information content (AvgIpc) is 3.38. The molecule has 2 aliphatic heterocycles. The van der Waals surface area contributed by atoms with Crippen LogP contribution in [0.2, 0.25) is 0 Å². The number of hydrogen-bond acceptors (Lipinski definition) is 5. The monoisotopic (exact) mass is 450 g/mol. The van der Waals surface area contributed by atoms with E-state index in [9.17, 15) is 19.2 Å². The van der Waals surface area contributed by atoms with Crippen LogP contribution in [0.25, 0.3) is 0 Å². The van der Waals surface area contributed by atoms with Gasteiger partial charge in [0.05, 0.1) is 30.1 Å². The zero-order chi connectivity index (χ0) is 22.7. The maximum absolute atomic E-state index is 13.1. The largest absolute Gasteiger partial charge is 0.366 e. The molecule has 2 unspecified atom stereocenters. The SMILES string of the molecule is NC(=O)c1ccccc1C(=O)N1CC(=O)C2C1CCN2C(=O)[CH]CSCc1ccccc1. The molecular weight excluding hydrogens is 426 g/mol. The van der Waals surface area contributed by atoms with Crippen molar-refractivity contribution in [2.75, 3.05) is 18.8 Å². The second-order valence-electron chi connectivity index (χ2n) is 7.85. The van der Waals surface area contributed by atoms with Crippen molar-refractivity contribution >= 4 is 35.3 Å². The number of carbonyl (C=O) groups is 4. The number of nitrogens with two attached hydrogens (primary N) is 1. The van der Waals surface area contributed by atoms with E-state index in [1.54, 1.807) is 35.2 Å². The van der Waals surface area contributed by atoms with Crippen LogP contribution in [0, 0.1) is 6.42 Å². The van der Waals surface area contributed by atoms with E-state index in [0.29, 0.717) is 18.7 Å². The number of hydrogen-bond donors (Lipinski definition) is 1. The number of thioether (sulfide) groups is 1. The fourth-order valence-electron chi connectivity index (χ4n) is 4.38. The molecule has 7 nitrogen and oxygen atoms in total. The number of carbonyl (C=O) groups excluding carboxylic acids is 4. The molecule has 3 amide bonds. The predicted molar refractivity (Wildman–Crippen MR) is 122 cm³/mol. The lowest BCUT2D eigenvalue weighted by Gasteiger charge is -2.24. The molecule has 4 rings (SSSR count). The third kappa shape index (κ3) is 4.41. The number of likely N-dealkylation sites (tertiary alicyclic amines) is 2. The van der Waals surface area contributed by atoms with Crippen molar-refractivity contribution in [2.24, 2.45) is 5.73 Å². The van der Waals surface area contributed by atoms with E-state index in [0.717, 1.165) is 5.75 Å². The molecule has 2 N–H and O–H groups in total. The molecule has 8 heteroatoms. The lowest BCUT2D eigenvalue weighted by molar-refractivity contribution is -0.133. The summed E-state index contributed by atoms with van der Waals surface area (Å²) >= 11 is 1.63. The van der Waals surface area contributed by atoms with Gasteiger partial charge in [-0.05, 0) is 24.1 Å². The van der Waals surface area contributed by atoms with Gasteiger partial charge >= 0.3 is 0 Å². The highest BCUT2D eigenvalue weighted by molar-refractivity contribution is 7.98. The van der Waals surface area contributed by atoms with E-state index in [1.165, 1.54) is 22.6 Å². The first-order valence-corrected chi connectivity index (χ1v) is 11.6. The van der Waals surface area contributed by atoms with Gasteiger partial charge in [-0.25, -0.2) is 0 Å². The first-order chi connectivity index (χ1) is 15.5. The second-order valence-corrected chi connectivity index (χ2v) is 8.88. The molecular formula is C24H24N3O4S. The van der Waals surface area contributed by atoms with Crippen molar-refractivity contribution in [3.05, 3.63) is 77.7 Å². The van der Waals surface area contributed by atoms with Gasteiger partial charge in [0, 0.05) is 18.1 Å². The number of amides is 3. The van der Waals surface area contributed by atoms with Gasteiger partial charge in [-0.2, -0.15) is 11.8 Å². The first kappa shape index (κ1) is 22.1. The lowest BCUT2D eigenvalue weighted by Crippen LogP contribution is -2.44. The Hall–Kier alpha value is -3.13. The van der Waals surface area contributed by atoms with Crippen molar-refractivity contribution in [3.63, 3.8) is 0 Å². The highest BCUT2D eigenvalue weighted by Crippen LogP contribution is 2.32. The number of rotatable bonds is 7. The van der Waals surface area contributed by atoms with Gasteiger partial charge in [0.2, 0.25) is 11.8 Å². The zero-order valence-corrected chi connectivity index (χ0v) is 18.3. The van der Waals surface area contributed by atoms with E-state index >= 15 is 0 Å². The van der Waals surface area contributed by atoms with Crippen LogP contribution in [-0.2, 0) is 15.3 Å². The number of benzene rings is 2. The molecule has 32 heavy (non-hydrogen) atoms.